The first kappa shape index (κ1) is 19.9. The lowest BCUT2D eigenvalue weighted by atomic mass is 9.78. The molecule has 0 amide bonds. The Labute approximate surface area is 152 Å². The Hall–Kier alpha value is -0.800. The summed E-state index contributed by atoms with van der Waals surface area (Å²) in [5.74, 6) is 1.09. The molecule has 5 nitrogen and oxygen atoms in total. The Kier molecular flexibility index (Phi) is 5.89. The fourth-order valence-electron chi connectivity index (χ4n) is 2.94. The second-order valence-corrected chi connectivity index (χ2v) is 9.31. The molecule has 0 radical (unpaired) electrons. The molecule has 0 bridgehead atoms. The lowest BCUT2D eigenvalue weighted by Gasteiger charge is -2.35. The van der Waals surface area contributed by atoms with Crippen LogP contribution in [0.1, 0.15) is 44.9 Å². The number of hydrogen-bond acceptors (Lipinski definition) is 5. The Balaban J connectivity index is 1.56. The van der Waals surface area contributed by atoms with Crippen LogP contribution < -0.4 is 0 Å². The molecule has 3 aliphatic carbocycles. The molecule has 0 heterocycles. The molecule has 3 rings (SSSR count). The van der Waals surface area contributed by atoms with Gasteiger partial charge in [0, 0.05) is 25.0 Å². The van der Waals surface area contributed by atoms with Crippen LogP contribution in [0.3, 0.4) is 0 Å². The molecule has 0 aromatic carbocycles. The van der Waals surface area contributed by atoms with Crippen LogP contribution in [0.15, 0.2) is 11.8 Å². The van der Waals surface area contributed by atoms with Crippen molar-refractivity contribution in [3.8, 4) is 0 Å². The summed E-state index contributed by atoms with van der Waals surface area (Å²) in [4.78, 5) is 0. The van der Waals surface area contributed by atoms with Crippen molar-refractivity contribution in [2.24, 2.45) is 17.3 Å². The van der Waals surface area contributed by atoms with Crippen LogP contribution in [0.5, 0.6) is 0 Å². The molecule has 150 valence electrons. The second kappa shape index (κ2) is 7.67. The Morgan fingerprint density at radius 1 is 1.04 bits per heavy atom. The molecule has 0 N–H and O–H groups in total. The first-order chi connectivity index (χ1) is 12.2. The van der Waals surface area contributed by atoms with E-state index in [-0.39, 0.29) is 17.6 Å². The van der Waals surface area contributed by atoms with Crippen molar-refractivity contribution >= 4 is 10.1 Å². The minimum atomic E-state index is -5.61. The zero-order valence-corrected chi connectivity index (χ0v) is 15.4. The maximum absolute atomic E-state index is 12.5. The lowest BCUT2D eigenvalue weighted by molar-refractivity contribution is -0.0538. The molecule has 0 atom stereocenters. The van der Waals surface area contributed by atoms with E-state index in [1.165, 1.54) is 31.8 Å². The molecular weight excluding hydrogens is 373 g/mol. The molecular formula is C17H25F3O5S. The van der Waals surface area contributed by atoms with Gasteiger partial charge in [-0.15, -0.1) is 0 Å². The van der Waals surface area contributed by atoms with E-state index >= 15 is 0 Å². The van der Waals surface area contributed by atoms with Gasteiger partial charge >= 0.3 is 15.6 Å². The summed E-state index contributed by atoms with van der Waals surface area (Å²) in [7, 11) is -5.61. The van der Waals surface area contributed by atoms with Crippen molar-refractivity contribution in [2.45, 2.75) is 50.5 Å². The van der Waals surface area contributed by atoms with Gasteiger partial charge in [0.1, 0.15) is 5.76 Å². The summed E-state index contributed by atoms with van der Waals surface area (Å²) >= 11 is 0. The summed E-state index contributed by atoms with van der Waals surface area (Å²) in [6, 6.07) is 0. The highest BCUT2D eigenvalue weighted by atomic mass is 32.2. The topological polar surface area (TPSA) is 61.8 Å². The third kappa shape index (κ3) is 5.60. The normalized spacial score (nSPS) is 23.6. The quantitative estimate of drug-likeness (QED) is 0.414. The zero-order valence-electron chi connectivity index (χ0n) is 14.6. The van der Waals surface area contributed by atoms with Crippen LogP contribution in [0, 0.1) is 17.3 Å². The van der Waals surface area contributed by atoms with Crippen molar-refractivity contribution in [3.05, 3.63) is 11.8 Å². The number of allylic oxidation sites excluding steroid dienone is 2. The predicted octanol–water partition coefficient (Wildman–Crippen LogP) is 3.76. The Morgan fingerprint density at radius 2 is 1.58 bits per heavy atom. The molecule has 2 saturated carbocycles. The average Bonchev–Trinajstić information content (AvgIpc) is 3.43. The largest absolute Gasteiger partial charge is 0.534 e. The molecule has 3 aliphatic rings. The standard InChI is InChI=1S/C17H25F3O5S/c18-17(19,20)26(21,22)25-15-5-7-16(8-6-15,11-23-9-13-1-2-13)12-24-10-14-3-4-14/h5,13-14H,1-4,6-12H2. The summed E-state index contributed by atoms with van der Waals surface area (Å²) in [5.41, 5.74) is -5.75. The molecule has 0 aliphatic heterocycles. The molecule has 9 heteroatoms. The third-order valence-electron chi connectivity index (χ3n) is 5.08. The maximum Gasteiger partial charge on any atom is 0.534 e. The first-order valence-electron chi connectivity index (χ1n) is 9.04. The number of ether oxygens (including phenoxy) is 2. The van der Waals surface area contributed by atoms with E-state index in [2.05, 4.69) is 4.18 Å². The molecule has 0 aromatic rings. The monoisotopic (exact) mass is 398 g/mol. The van der Waals surface area contributed by atoms with E-state index in [0.717, 1.165) is 0 Å². The SMILES string of the molecule is O=S(=O)(OC1=CCC(COCC2CC2)(COCC2CC2)CC1)C(F)(F)F. The van der Waals surface area contributed by atoms with Crippen LogP contribution in [0.4, 0.5) is 13.2 Å². The van der Waals surface area contributed by atoms with E-state index in [4.69, 9.17) is 9.47 Å². The summed E-state index contributed by atoms with van der Waals surface area (Å²) in [6.45, 7) is 2.31. The van der Waals surface area contributed by atoms with E-state index in [0.29, 0.717) is 51.1 Å². The van der Waals surface area contributed by atoms with Gasteiger partial charge in [0.2, 0.25) is 0 Å². The molecule has 0 unspecified atom stereocenters. The van der Waals surface area contributed by atoms with Crippen LogP contribution in [-0.4, -0.2) is 40.4 Å². The maximum atomic E-state index is 12.5. The molecule has 0 spiro atoms. The minimum Gasteiger partial charge on any atom is -0.381 e. The van der Waals surface area contributed by atoms with Gasteiger partial charge in [0.25, 0.3) is 0 Å². The summed E-state index contributed by atoms with van der Waals surface area (Å²) < 4.78 is 75.6. The fraction of sp³-hybridized carbons (Fsp3) is 0.882. The zero-order chi connectivity index (χ0) is 18.8. The highest BCUT2D eigenvalue weighted by Crippen LogP contribution is 2.40. The molecule has 26 heavy (non-hydrogen) atoms. The van der Waals surface area contributed by atoms with Crippen molar-refractivity contribution in [2.75, 3.05) is 26.4 Å². The van der Waals surface area contributed by atoms with Gasteiger partial charge in [-0.25, -0.2) is 0 Å². The van der Waals surface area contributed by atoms with Crippen LogP contribution in [0.25, 0.3) is 0 Å². The second-order valence-electron chi connectivity index (χ2n) is 7.77. The van der Waals surface area contributed by atoms with Gasteiger partial charge in [0.15, 0.2) is 0 Å². The summed E-state index contributed by atoms with van der Waals surface area (Å²) in [5, 5.41) is 0. The van der Waals surface area contributed by atoms with Crippen molar-refractivity contribution in [3.63, 3.8) is 0 Å². The lowest BCUT2D eigenvalue weighted by Crippen LogP contribution is -2.35. The van der Waals surface area contributed by atoms with Gasteiger partial charge in [0.05, 0.1) is 13.2 Å². The number of halogens is 3. The number of rotatable bonds is 10. The Morgan fingerprint density at radius 3 is 1.96 bits per heavy atom. The van der Waals surface area contributed by atoms with Crippen molar-refractivity contribution < 1.29 is 35.2 Å². The fourth-order valence-corrected chi connectivity index (χ4v) is 3.47. The smallest absolute Gasteiger partial charge is 0.381 e. The van der Waals surface area contributed by atoms with Gasteiger partial charge in [-0.3, -0.25) is 0 Å². The van der Waals surface area contributed by atoms with Crippen molar-refractivity contribution in [1.29, 1.82) is 0 Å². The van der Waals surface area contributed by atoms with Crippen LogP contribution >= 0.6 is 0 Å². The highest BCUT2D eigenvalue weighted by Gasteiger charge is 2.49. The third-order valence-corrected chi connectivity index (χ3v) is 6.08. The van der Waals surface area contributed by atoms with Gasteiger partial charge in [-0.2, -0.15) is 21.6 Å². The van der Waals surface area contributed by atoms with Crippen molar-refractivity contribution in [1.82, 2.24) is 0 Å². The van der Waals surface area contributed by atoms with Crippen LogP contribution in [-0.2, 0) is 23.8 Å². The van der Waals surface area contributed by atoms with E-state index < -0.39 is 15.6 Å². The van der Waals surface area contributed by atoms with E-state index in [9.17, 15) is 21.6 Å². The minimum absolute atomic E-state index is 0.120. The van der Waals surface area contributed by atoms with E-state index in [1.54, 1.807) is 0 Å². The van der Waals surface area contributed by atoms with Gasteiger partial charge in [-0.05, 0) is 56.4 Å². The number of alkyl halides is 3. The Bertz CT molecular complexity index is 603. The number of hydrogen-bond donors (Lipinski definition) is 0. The van der Waals surface area contributed by atoms with Gasteiger partial charge in [-0.1, -0.05) is 0 Å². The van der Waals surface area contributed by atoms with Gasteiger partial charge < -0.3 is 13.7 Å². The van der Waals surface area contributed by atoms with E-state index in [1.807, 2.05) is 0 Å². The first-order valence-corrected chi connectivity index (χ1v) is 10.5. The van der Waals surface area contributed by atoms with Crippen LogP contribution in [0.2, 0.25) is 0 Å². The highest BCUT2D eigenvalue weighted by molar-refractivity contribution is 7.87. The average molecular weight is 398 g/mol. The molecule has 0 aromatic heterocycles. The molecule has 2 fully saturated rings. The molecule has 0 saturated heterocycles. The summed E-state index contributed by atoms with van der Waals surface area (Å²) in [6.07, 6.45) is 7.13. The predicted molar refractivity (Wildman–Crippen MR) is 87.5 cm³/mol.